The molecule has 0 bridgehead atoms. The van der Waals surface area contributed by atoms with Crippen molar-refractivity contribution in [1.82, 2.24) is 0 Å². The van der Waals surface area contributed by atoms with E-state index in [0.29, 0.717) is 19.8 Å². The first kappa shape index (κ1) is 18.5. The summed E-state index contributed by atoms with van der Waals surface area (Å²) in [5.41, 5.74) is 4.21. The second kappa shape index (κ2) is 8.47. The second-order valence-electron chi connectivity index (χ2n) is 6.73. The van der Waals surface area contributed by atoms with Crippen LogP contribution in [0.4, 0.5) is 5.00 Å². The summed E-state index contributed by atoms with van der Waals surface area (Å²) in [5.74, 6) is 0.876. The molecule has 4 nitrogen and oxygen atoms in total. The molecule has 0 spiro atoms. The number of rotatable bonds is 5. The molecule has 0 N–H and O–H groups in total. The van der Waals surface area contributed by atoms with Crippen LogP contribution >= 0.6 is 11.3 Å². The van der Waals surface area contributed by atoms with Gasteiger partial charge >= 0.3 is 0 Å². The van der Waals surface area contributed by atoms with E-state index in [9.17, 15) is 5.26 Å². The number of ether oxygens (including phenoxy) is 2. The number of hydrogen-bond acceptors (Lipinski definition) is 5. The van der Waals surface area contributed by atoms with E-state index < -0.39 is 0 Å². The van der Waals surface area contributed by atoms with Gasteiger partial charge in [-0.3, -0.25) is 0 Å². The number of benzene rings is 2. The lowest BCUT2D eigenvalue weighted by atomic mass is 10.00. The summed E-state index contributed by atoms with van der Waals surface area (Å²) in [4.78, 5) is 3.29. The smallest absolute Gasteiger partial charge is 0.123 e. The Balaban J connectivity index is 1.52. The van der Waals surface area contributed by atoms with Crippen LogP contribution < -0.4 is 9.64 Å². The fourth-order valence-electron chi connectivity index (χ4n) is 3.43. The van der Waals surface area contributed by atoms with Gasteiger partial charge in [-0.1, -0.05) is 42.5 Å². The zero-order valence-electron chi connectivity index (χ0n) is 15.9. The maximum Gasteiger partial charge on any atom is 0.123 e. The van der Waals surface area contributed by atoms with E-state index in [1.807, 2.05) is 36.4 Å². The molecule has 142 valence electrons. The summed E-state index contributed by atoms with van der Waals surface area (Å²) in [7, 11) is 0. The van der Waals surface area contributed by atoms with Crippen molar-refractivity contribution >= 4 is 16.3 Å². The molecule has 4 rings (SSSR count). The third kappa shape index (κ3) is 3.89. The third-order valence-corrected chi connectivity index (χ3v) is 6.09. The summed E-state index contributed by atoms with van der Waals surface area (Å²) in [6, 6.07) is 20.8. The Morgan fingerprint density at radius 2 is 1.89 bits per heavy atom. The van der Waals surface area contributed by atoms with Crippen molar-refractivity contribution in [3.8, 4) is 22.9 Å². The van der Waals surface area contributed by atoms with Crippen molar-refractivity contribution in [3.05, 3.63) is 70.6 Å². The molecule has 1 aliphatic rings. The Hall–Kier alpha value is -2.81. The molecule has 5 heteroatoms. The maximum atomic E-state index is 9.51. The van der Waals surface area contributed by atoms with Gasteiger partial charge in [0.05, 0.1) is 18.8 Å². The lowest BCUT2D eigenvalue weighted by Gasteiger charge is -2.27. The van der Waals surface area contributed by atoms with Crippen molar-refractivity contribution in [3.63, 3.8) is 0 Å². The lowest BCUT2D eigenvalue weighted by molar-refractivity contribution is 0.123. The zero-order chi connectivity index (χ0) is 19.3. The monoisotopic (exact) mass is 390 g/mol. The average molecular weight is 391 g/mol. The predicted octanol–water partition coefficient (Wildman–Crippen LogP) is 5.01. The number of morpholine rings is 1. The molecule has 2 aromatic carbocycles. The molecule has 28 heavy (non-hydrogen) atoms. The summed E-state index contributed by atoms with van der Waals surface area (Å²) >= 11 is 1.64. The molecule has 2 heterocycles. The van der Waals surface area contributed by atoms with E-state index in [4.69, 9.17) is 9.47 Å². The largest absolute Gasteiger partial charge is 0.488 e. The molecule has 1 saturated heterocycles. The van der Waals surface area contributed by atoms with Crippen LogP contribution in [0, 0.1) is 18.3 Å². The van der Waals surface area contributed by atoms with Gasteiger partial charge in [-0.05, 0) is 35.7 Å². The van der Waals surface area contributed by atoms with Crippen molar-refractivity contribution < 1.29 is 9.47 Å². The Labute approximate surface area is 169 Å². The SMILES string of the molecule is Cc1c(OCc2cc(C#N)c(N3CCOCC3)s2)cccc1-c1ccccc1. The fraction of sp³-hybridized carbons (Fsp3) is 0.261. The summed E-state index contributed by atoms with van der Waals surface area (Å²) < 4.78 is 11.6. The van der Waals surface area contributed by atoms with Gasteiger partial charge in [0, 0.05) is 18.0 Å². The molecule has 0 radical (unpaired) electrons. The summed E-state index contributed by atoms with van der Waals surface area (Å²) in [6.07, 6.45) is 0. The Morgan fingerprint density at radius 3 is 2.64 bits per heavy atom. The first-order valence-electron chi connectivity index (χ1n) is 9.39. The Bertz CT molecular complexity index is 986. The minimum Gasteiger partial charge on any atom is -0.488 e. The number of anilines is 1. The standard InChI is InChI=1S/C23H22N2O2S/c1-17-21(18-6-3-2-4-7-18)8-5-9-22(17)27-16-20-14-19(15-24)23(28-20)25-10-12-26-13-11-25/h2-9,14H,10-13,16H2,1H3. The Morgan fingerprint density at radius 1 is 1.11 bits per heavy atom. The molecule has 0 atom stereocenters. The molecule has 3 aromatic rings. The topological polar surface area (TPSA) is 45.5 Å². The van der Waals surface area contributed by atoms with Gasteiger partial charge in [0.25, 0.3) is 0 Å². The van der Waals surface area contributed by atoms with Gasteiger partial charge in [-0.2, -0.15) is 5.26 Å². The van der Waals surface area contributed by atoms with Gasteiger partial charge in [0.2, 0.25) is 0 Å². The van der Waals surface area contributed by atoms with E-state index in [-0.39, 0.29) is 0 Å². The van der Waals surface area contributed by atoms with Crippen molar-refractivity contribution in [2.45, 2.75) is 13.5 Å². The van der Waals surface area contributed by atoms with Crippen LogP contribution in [0.15, 0.2) is 54.6 Å². The minimum absolute atomic E-state index is 0.461. The normalized spacial score (nSPS) is 13.9. The highest BCUT2D eigenvalue weighted by molar-refractivity contribution is 7.16. The van der Waals surface area contributed by atoms with Gasteiger partial charge in [0.15, 0.2) is 0 Å². The fourth-order valence-corrected chi connectivity index (χ4v) is 4.50. The molecule has 1 aliphatic heterocycles. The lowest BCUT2D eigenvalue weighted by Crippen LogP contribution is -2.36. The van der Waals surface area contributed by atoms with Gasteiger partial charge in [0.1, 0.15) is 23.4 Å². The van der Waals surface area contributed by atoms with Crippen LogP contribution in [0.1, 0.15) is 16.0 Å². The van der Waals surface area contributed by atoms with E-state index in [1.165, 1.54) is 11.1 Å². The van der Waals surface area contributed by atoms with Crippen LogP contribution in [0.5, 0.6) is 5.75 Å². The predicted molar refractivity (Wildman–Crippen MR) is 113 cm³/mol. The van der Waals surface area contributed by atoms with Crippen molar-refractivity contribution in [2.75, 3.05) is 31.2 Å². The molecule has 1 fully saturated rings. The highest BCUT2D eigenvalue weighted by Gasteiger charge is 2.18. The first-order chi connectivity index (χ1) is 13.8. The second-order valence-corrected chi connectivity index (χ2v) is 7.84. The minimum atomic E-state index is 0.461. The summed E-state index contributed by atoms with van der Waals surface area (Å²) in [6.45, 7) is 5.62. The van der Waals surface area contributed by atoms with Crippen LogP contribution in [0.25, 0.3) is 11.1 Å². The van der Waals surface area contributed by atoms with Crippen molar-refractivity contribution in [2.24, 2.45) is 0 Å². The highest BCUT2D eigenvalue weighted by atomic mass is 32.1. The number of thiophene rings is 1. The van der Waals surface area contributed by atoms with E-state index in [0.717, 1.165) is 39.8 Å². The molecular weight excluding hydrogens is 368 g/mol. The van der Waals surface area contributed by atoms with E-state index in [1.54, 1.807) is 11.3 Å². The third-order valence-electron chi connectivity index (χ3n) is 4.92. The first-order valence-corrected chi connectivity index (χ1v) is 10.2. The molecule has 0 aliphatic carbocycles. The number of nitrogens with zero attached hydrogens (tertiary/aromatic N) is 2. The molecular formula is C23H22N2O2S. The van der Waals surface area contributed by atoms with Crippen molar-refractivity contribution in [1.29, 1.82) is 5.26 Å². The van der Waals surface area contributed by atoms with Crippen LogP contribution in [0.3, 0.4) is 0 Å². The number of hydrogen-bond donors (Lipinski definition) is 0. The van der Waals surface area contributed by atoms with E-state index >= 15 is 0 Å². The zero-order valence-corrected chi connectivity index (χ0v) is 16.7. The van der Waals surface area contributed by atoms with Gasteiger partial charge < -0.3 is 14.4 Å². The van der Waals surface area contributed by atoms with Crippen LogP contribution in [-0.4, -0.2) is 26.3 Å². The van der Waals surface area contributed by atoms with Gasteiger partial charge in [-0.15, -0.1) is 11.3 Å². The van der Waals surface area contributed by atoms with Crippen LogP contribution in [-0.2, 0) is 11.3 Å². The quantitative estimate of drug-likeness (QED) is 0.614. The number of nitriles is 1. The average Bonchev–Trinajstić information content (AvgIpc) is 3.18. The molecule has 0 saturated carbocycles. The maximum absolute atomic E-state index is 9.51. The Kier molecular flexibility index (Phi) is 5.61. The van der Waals surface area contributed by atoms with Gasteiger partial charge in [-0.25, -0.2) is 0 Å². The molecule has 0 amide bonds. The van der Waals surface area contributed by atoms with E-state index in [2.05, 4.69) is 36.1 Å². The molecule has 1 aromatic heterocycles. The highest BCUT2D eigenvalue weighted by Crippen LogP contribution is 2.34. The summed E-state index contributed by atoms with van der Waals surface area (Å²) in [5, 5.41) is 10.5. The molecule has 0 unspecified atom stereocenters. The van der Waals surface area contributed by atoms with Crippen LogP contribution in [0.2, 0.25) is 0 Å².